The van der Waals surface area contributed by atoms with Crippen LogP contribution in [0.2, 0.25) is 0 Å². The molecule has 112 valence electrons. The number of rotatable bonds is 2. The highest BCUT2D eigenvalue weighted by Crippen LogP contribution is 2.37. The van der Waals surface area contributed by atoms with Gasteiger partial charge in [0.05, 0.1) is 6.04 Å². The zero-order valence-electron chi connectivity index (χ0n) is 13.0. The second-order valence-electron chi connectivity index (χ2n) is 6.11. The fraction of sp³-hybridized carbons (Fsp3) is 0.300. The molecule has 2 heteroatoms. The van der Waals surface area contributed by atoms with Crippen LogP contribution in [0.25, 0.3) is 10.9 Å². The summed E-state index contributed by atoms with van der Waals surface area (Å²) < 4.78 is 0. The molecule has 1 N–H and O–H groups in total. The van der Waals surface area contributed by atoms with Crippen molar-refractivity contribution in [2.75, 3.05) is 13.1 Å². The summed E-state index contributed by atoms with van der Waals surface area (Å²) in [5, 5.41) is 1.40. The number of aryl methyl sites for hydroxylation is 1. The Balaban J connectivity index is 1.94. The Labute approximate surface area is 131 Å². The lowest BCUT2D eigenvalue weighted by molar-refractivity contribution is 0.239. The van der Waals surface area contributed by atoms with Crippen molar-refractivity contribution in [3.8, 4) is 0 Å². The quantitative estimate of drug-likeness (QED) is 0.735. The van der Waals surface area contributed by atoms with Crippen LogP contribution in [0.3, 0.4) is 0 Å². The molecular formula is C20H22N2. The van der Waals surface area contributed by atoms with Gasteiger partial charge in [-0.05, 0) is 43.1 Å². The lowest BCUT2D eigenvalue weighted by Gasteiger charge is -2.29. The van der Waals surface area contributed by atoms with E-state index in [2.05, 4.69) is 71.4 Å². The predicted octanol–water partition coefficient (Wildman–Crippen LogP) is 4.53. The average molecular weight is 290 g/mol. The van der Waals surface area contributed by atoms with Crippen LogP contribution in [0.5, 0.6) is 0 Å². The summed E-state index contributed by atoms with van der Waals surface area (Å²) in [5.74, 6) is 0. The molecule has 0 fully saturated rings. The first-order chi connectivity index (χ1) is 10.9. The summed E-state index contributed by atoms with van der Waals surface area (Å²) in [6.07, 6.45) is 2.39. The molecule has 0 saturated heterocycles. The third-order valence-electron chi connectivity index (χ3n) is 4.88. The molecule has 2 aromatic carbocycles. The number of nitrogens with one attached hydrogen (secondary N) is 1. The van der Waals surface area contributed by atoms with Crippen molar-refractivity contribution in [3.63, 3.8) is 0 Å². The highest BCUT2D eigenvalue weighted by atomic mass is 15.2. The maximum atomic E-state index is 3.73. The molecule has 2 nitrogen and oxygen atoms in total. The van der Waals surface area contributed by atoms with Crippen LogP contribution >= 0.6 is 0 Å². The number of H-pyrrole nitrogens is 1. The minimum atomic E-state index is 0.344. The van der Waals surface area contributed by atoms with Gasteiger partial charge in [0.25, 0.3) is 0 Å². The van der Waals surface area contributed by atoms with E-state index in [1.165, 1.54) is 40.6 Å². The molecule has 0 bridgehead atoms. The molecule has 2 heterocycles. The molecular weight excluding hydrogens is 268 g/mol. The minimum Gasteiger partial charge on any atom is -0.357 e. The maximum absolute atomic E-state index is 3.73. The Hall–Kier alpha value is -2.06. The molecule has 1 aromatic heterocycles. The van der Waals surface area contributed by atoms with Gasteiger partial charge in [-0.25, -0.2) is 0 Å². The fourth-order valence-corrected chi connectivity index (χ4v) is 3.85. The van der Waals surface area contributed by atoms with Gasteiger partial charge in [-0.15, -0.1) is 0 Å². The van der Waals surface area contributed by atoms with E-state index in [1.807, 2.05) is 0 Å². The van der Waals surface area contributed by atoms with E-state index < -0.39 is 0 Å². The van der Waals surface area contributed by atoms with Crippen LogP contribution in [0.15, 0.2) is 54.6 Å². The van der Waals surface area contributed by atoms with Crippen LogP contribution in [0.4, 0.5) is 0 Å². The van der Waals surface area contributed by atoms with Gasteiger partial charge in [0.1, 0.15) is 0 Å². The summed E-state index contributed by atoms with van der Waals surface area (Å²) in [7, 11) is 0. The third kappa shape index (κ3) is 2.15. The Kier molecular flexibility index (Phi) is 3.47. The van der Waals surface area contributed by atoms with E-state index in [4.69, 9.17) is 0 Å². The SMILES string of the molecule is CCN1CCCc2c([nH]c3ccccc23)C1c1ccccc1. The van der Waals surface area contributed by atoms with Crippen LogP contribution in [-0.4, -0.2) is 23.0 Å². The summed E-state index contributed by atoms with van der Waals surface area (Å²) in [6.45, 7) is 4.50. The first kappa shape index (κ1) is 13.6. The normalized spacial score (nSPS) is 19.0. The number of aromatic nitrogens is 1. The number of para-hydroxylation sites is 1. The number of fused-ring (bicyclic) bond motifs is 3. The van der Waals surface area contributed by atoms with Crippen molar-refractivity contribution in [1.29, 1.82) is 0 Å². The van der Waals surface area contributed by atoms with Crippen LogP contribution < -0.4 is 0 Å². The van der Waals surface area contributed by atoms with Gasteiger partial charge in [-0.2, -0.15) is 0 Å². The molecule has 0 spiro atoms. The Morgan fingerprint density at radius 1 is 1.05 bits per heavy atom. The molecule has 0 amide bonds. The minimum absolute atomic E-state index is 0.344. The molecule has 1 aliphatic heterocycles. The summed E-state index contributed by atoms with van der Waals surface area (Å²) in [4.78, 5) is 6.32. The zero-order valence-corrected chi connectivity index (χ0v) is 13.0. The predicted molar refractivity (Wildman–Crippen MR) is 92.2 cm³/mol. The molecule has 3 aromatic rings. The first-order valence-electron chi connectivity index (χ1n) is 8.27. The Morgan fingerprint density at radius 3 is 2.64 bits per heavy atom. The molecule has 0 aliphatic carbocycles. The number of hydrogen-bond donors (Lipinski definition) is 1. The maximum Gasteiger partial charge on any atom is 0.0757 e. The molecule has 22 heavy (non-hydrogen) atoms. The van der Waals surface area contributed by atoms with Crippen molar-refractivity contribution in [2.24, 2.45) is 0 Å². The smallest absolute Gasteiger partial charge is 0.0757 e. The zero-order chi connectivity index (χ0) is 14.9. The van der Waals surface area contributed by atoms with Crippen LogP contribution in [-0.2, 0) is 6.42 Å². The lowest BCUT2D eigenvalue weighted by Crippen LogP contribution is -2.29. The molecule has 1 aliphatic rings. The highest BCUT2D eigenvalue weighted by molar-refractivity contribution is 5.85. The second kappa shape index (κ2) is 5.62. The van der Waals surface area contributed by atoms with Gasteiger partial charge in [0.2, 0.25) is 0 Å². The van der Waals surface area contributed by atoms with E-state index in [0.29, 0.717) is 6.04 Å². The van der Waals surface area contributed by atoms with E-state index in [-0.39, 0.29) is 0 Å². The number of aromatic amines is 1. The Bertz CT molecular complexity index is 773. The summed E-state index contributed by atoms with van der Waals surface area (Å²) >= 11 is 0. The summed E-state index contributed by atoms with van der Waals surface area (Å²) in [6, 6.07) is 20.0. The topological polar surface area (TPSA) is 19.0 Å². The van der Waals surface area contributed by atoms with E-state index in [1.54, 1.807) is 0 Å². The molecule has 4 rings (SSSR count). The van der Waals surface area contributed by atoms with Crippen molar-refractivity contribution in [2.45, 2.75) is 25.8 Å². The first-order valence-corrected chi connectivity index (χ1v) is 8.27. The molecule has 1 unspecified atom stereocenters. The number of nitrogens with zero attached hydrogens (tertiary/aromatic N) is 1. The largest absolute Gasteiger partial charge is 0.357 e. The molecule has 1 atom stereocenters. The number of hydrogen-bond acceptors (Lipinski definition) is 1. The van der Waals surface area contributed by atoms with Crippen molar-refractivity contribution >= 4 is 10.9 Å². The van der Waals surface area contributed by atoms with Crippen LogP contribution in [0.1, 0.15) is 36.2 Å². The van der Waals surface area contributed by atoms with E-state index >= 15 is 0 Å². The van der Waals surface area contributed by atoms with E-state index in [9.17, 15) is 0 Å². The van der Waals surface area contributed by atoms with Gasteiger partial charge >= 0.3 is 0 Å². The second-order valence-corrected chi connectivity index (χ2v) is 6.11. The highest BCUT2D eigenvalue weighted by Gasteiger charge is 2.28. The lowest BCUT2D eigenvalue weighted by atomic mass is 9.98. The fourth-order valence-electron chi connectivity index (χ4n) is 3.85. The third-order valence-corrected chi connectivity index (χ3v) is 4.88. The van der Waals surface area contributed by atoms with Crippen molar-refractivity contribution in [3.05, 3.63) is 71.4 Å². The van der Waals surface area contributed by atoms with Gasteiger partial charge in [-0.3, -0.25) is 4.90 Å². The monoisotopic (exact) mass is 290 g/mol. The van der Waals surface area contributed by atoms with Crippen molar-refractivity contribution < 1.29 is 0 Å². The van der Waals surface area contributed by atoms with Gasteiger partial charge in [-0.1, -0.05) is 55.5 Å². The van der Waals surface area contributed by atoms with Crippen LogP contribution in [0, 0.1) is 0 Å². The van der Waals surface area contributed by atoms with E-state index in [0.717, 1.165) is 13.1 Å². The average Bonchev–Trinajstić information content (AvgIpc) is 2.83. The number of benzene rings is 2. The molecule has 0 radical (unpaired) electrons. The van der Waals surface area contributed by atoms with Gasteiger partial charge in [0, 0.05) is 16.6 Å². The van der Waals surface area contributed by atoms with Gasteiger partial charge in [0.15, 0.2) is 0 Å². The van der Waals surface area contributed by atoms with Gasteiger partial charge < -0.3 is 4.98 Å². The van der Waals surface area contributed by atoms with Crippen molar-refractivity contribution in [1.82, 2.24) is 9.88 Å². The standard InChI is InChI=1S/C20H22N2/c1-2-22-14-8-12-17-16-11-6-7-13-18(16)21-19(17)20(22)15-9-4-3-5-10-15/h3-7,9-11,13,20-21H,2,8,12,14H2,1H3. The Morgan fingerprint density at radius 2 is 1.82 bits per heavy atom. The molecule has 0 saturated carbocycles. The summed E-state index contributed by atoms with van der Waals surface area (Å²) in [5.41, 5.74) is 5.57.